The number of anilines is 1. The molecule has 0 aliphatic carbocycles. The third-order valence-electron chi connectivity index (χ3n) is 2.87. The molecule has 2 aromatic rings. The molecule has 1 aromatic heterocycles. The quantitative estimate of drug-likeness (QED) is 0.852. The number of hydrogen-bond acceptors (Lipinski definition) is 3. The summed E-state index contributed by atoms with van der Waals surface area (Å²) in [5, 5.41) is 6.96. The second-order valence-corrected chi connectivity index (χ2v) is 4.28. The lowest BCUT2D eigenvalue weighted by atomic mass is 10.1. The van der Waals surface area contributed by atoms with Crippen molar-refractivity contribution in [3.05, 3.63) is 47.8 Å². The smallest absolute Gasteiger partial charge is 0.273 e. The van der Waals surface area contributed by atoms with E-state index >= 15 is 0 Å². The molecule has 100 valence electrons. The topological polar surface area (TPSA) is 72.9 Å². The fourth-order valence-corrected chi connectivity index (χ4v) is 1.82. The van der Waals surface area contributed by atoms with Gasteiger partial charge in [-0.25, -0.2) is 0 Å². The Labute approximate surface area is 112 Å². The number of nitrogens with one attached hydrogen (secondary N) is 1. The summed E-state index contributed by atoms with van der Waals surface area (Å²) in [6, 6.07) is 10.0. The maximum absolute atomic E-state index is 11.9. The van der Waals surface area contributed by atoms with Crippen LogP contribution in [0.25, 0.3) is 0 Å². The van der Waals surface area contributed by atoms with Gasteiger partial charge in [0.2, 0.25) is 0 Å². The van der Waals surface area contributed by atoms with Crippen LogP contribution in [0.3, 0.4) is 0 Å². The summed E-state index contributed by atoms with van der Waals surface area (Å²) in [7, 11) is 0. The van der Waals surface area contributed by atoms with Crippen molar-refractivity contribution in [1.29, 1.82) is 0 Å². The van der Waals surface area contributed by atoms with Crippen molar-refractivity contribution < 1.29 is 4.79 Å². The van der Waals surface area contributed by atoms with Crippen LogP contribution in [0.1, 0.15) is 23.0 Å². The van der Waals surface area contributed by atoms with Gasteiger partial charge in [0, 0.05) is 19.3 Å². The first-order chi connectivity index (χ1) is 9.20. The van der Waals surface area contributed by atoms with Gasteiger partial charge >= 0.3 is 0 Å². The fourth-order valence-electron chi connectivity index (χ4n) is 1.82. The predicted octanol–water partition coefficient (Wildman–Crippen LogP) is 1.46. The van der Waals surface area contributed by atoms with Crippen LogP contribution in [0.15, 0.2) is 36.5 Å². The zero-order chi connectivity index (χ0) is 13.7. The fraction of sp³-hybridized carbons (Fsp3) is 0.286. The number of nitrogens with two attached hydrogens (primary N) is 1. The normalized spacial score (nSPS) is 10.4. The van der Waals surface area contributed by atoms with Crippen LogP contribution < -0.4 is 11.1 Å². The molecule has 0 fully saturated rings. The lowest BCUT2D eigenvalue weighted by Gasteiger charge is -2.04. The van der Waals surface area contributed by atoms with Crippen LogP contribution in [0.5, 0.6) is 0 Å². The van der Waals surface area contributed by atoms with Crippen LogP contribution in [0.4, 0.5) is 5.69 Å². The molecule has 5 heteroatoms. The van der Waals surface area contributed by atoms with Crippen LogP contribution in [-0.2, 0) is 13.0 Å². The molecule has 0 saturated carbocycles. The van der Waals surface area contributed by atoms with E-state index in [2.05, 4.69) is 10.4 Å². The number of aryl methyl sites for hydroxylation is 1. The summed E-state index contributed by atoms with van der Waals surface area (Å²) < 4.78 is 1.65. The second-order valence-electron chi connectivity index (χ2n) is 4.28. The molecule has 0 bridgehead atoms. The lowest BCUT2D eigenvalue weighted by Crippen LogP contribution is -2.27. The highest BCUT2D eigenvalue weighted by atomic mass is 16.1. The maximum atomic E-state index is 11.9. The van der Waals surface area contributed by atoms with Crippen LogP contribution in [-0.4, -0.2) is 22.2 Å². The van der Waals surface area contributed by atoms with Gasteiger partial charge in [-0.1, -0.05) is 30.3 Å². The Morgan fingerprint density at radius 3 is 2.74 bits per heavy atom. The highest BCUT2D eigenvalue weighted by molar-refractivity contribution is 5.96. The van der Waals surface area contributed by atoms with Crippen molar-refractivity contribution >= 4 is 11.6 Å². The number of nitrogen functional groups attached to an aromatic ring is 1. The number of rotatable bonds is 5. The summed E-state index contributed by atoms with van der Waals surface area (Å²) in [6.07, 6.45) is 2.47. The van der Waals surface area contributed by atoms with Gasteiger partial charge < -0.3 is 11.1 Å². The minimum absolute atomic E-state index is 0.222. The molecule has 1 amide bonds. The largest absolute Gasteiger partial charge is 0.396 e. The van der Waals surface area contributed by atoms with E-state index in [1.54, 1.807) is 10.9 Å². The Balaban J connectivity index is 1.89. The molecule has 1 heterocycles. The van der Waals surface area contributed by atoms with E-state index < -0.39 is 0 Å². The summed E-state index contributed by atoms with van der Waals surface area (Å²) in [4.78, 5) is 11.9. The molecule has 2 rings (SSSR count). The van der Waals surface area contributed by atoms with Crippen molar-refractivity contribution in [1.82, 2.24) is 15.1 Å². The average molecular weight is 258 g/mol. The standard InChI is InChI=1S/C14H18N4O/c1-2-18-10-12(15)13(17-18)14(19)16-9-8-11-6-4-3-5-7-11/h3-7,10H,2,8-9,15H2,1H3,(H,16,19). The molecule has 0 saturated heterocycles. The molecule has 1 aromatic carbocycles. The van der Waals surface area contributed by atoms with Gasteiger partial charge in [0.25, 0.3) is 5.91 Å². The number of carbonyl (C=O) groups is 1. The molecule has 5 nitrogen and oxygen atoms in total. The molecule has 3 N–H and O–H groups in total. The number of amides is 1. The molecular formula is C14H18N4O. The summed E-state index contributed by atoms with van der Waals surface area (Å²) in [5.74, 6) is -0.222. The van der Waals surface area contributed by atoms with E-state index in [4.69, 9.17) is 5.73 Å². The third kappa shape index (κ3) is 3.34. The minimum atomic E-state index is -0.222. The van der Waals surface area contributed by atoms with Crippen molar-refractivity contribution in [2.24, 2.45) is 0 Å². The van der Waals surface area contributed by atoms with Crippen molar-refractivity contribution in [2.45, 2.75) is 19.9 Å². The highest BCUT2D eigenvalue weighted by Crippen LogP contribution is 2.08. The van der Waals surface area contributed by atoms with Crippen molar-refractivity contribution in [3.8, 4) is 0 Å². The van der Waals surface area contributed by atoms with E-state index in [1.165, 1.54) is 5.56 Å². The number of carbonyl (C=O) groups excluding carboxylic acids is 1. The zero-order valence-corrected chi connectivity index (χ0v) is 11.0. The zero-order valence-electron chi connectivity index (χ0n) is 11.0. The Morgan fingerprint density at radius 2 is 2.11 bits per heavy atom. The summed E-state index contributed by atoms with van der Waals surface area (Å²) in [6.45, 7) is 3.21. The van der Waals surface area contributed by atoms with E-state index in [0.29, 0.717) is 24.5 Å². The predicted molar refractivity (Wildman–Crippen MR) is 74.8 cm³/mol. The first-order valence-electron chi connectivity index (χ1n) is 6.35. The van der Waals surface area contributed by atoms with E-state index in [0.717, 1.165) is 6.42 Å². The number of benzene rings is 1. The molecule has 0 radical (unpaired) electrons. The monoisotopic (exact) mass is 258 g/mol. The van der Waals surface area contributed by atoms with E-state index in [1.807, 2.05) is 37.3 Å². The van der Waals surface area contributed by atoms with E-state index in [9.17, 15) is 4.79 Å². The number of hydrogen-bond donors (Lipinski definition) is 2. The summed E-state index contributed by atoms with van der Waals surface area (Å²) in [5.41, 5.74) is 7.66. The maximum Gasteiger partial charge on any atom is 0.273 e. The lowest BCUT2D eigenvalue weighted by molar-refractivity contribution is 0.0949. The molecule has 0 atom stereocenters. The van der Waals surface area contributed by atoms with Crippen LogP contribution >= 0.6 is 0 Å². The Kier molecular flexibility index (Phi) is 4.18. The molecule has 0 unspecified atom stereocenters. The summed E-state index contributed by atoms with van der Waals surface area (Å²) >= 11 is 0. The van der Waals surface area contributed by atoms with Gasteiger partial charge in [-0.3, -0.25) is 9.48 Å². The highest BCUT2D eigenvalue weighted by Gasteiger charge is 2.13. The first kappa shape index (κ1) is 13.1. The first-order valence-corrected chi connectivity index (χ1v) is 6.35. The molecular weight excluding hydrogens is 240 g/mol. The Bertz CT molecular complexity index is 548. The van der Waals surface area contributed by atoms with Crippen LogP contribution in [0.2, 0.25) is 0 Å². The average Bonchev–Trinajstić information content (AvgIpc) is 2.81. The van der Waals surface area contributed by atoms with Gasteiger partial charge in [0.15, 0.2) is 5.69 Å². The van der Waals surface area contributed by atoms with Crippen LogP contribution in [0, 0.1) is 0 Å². The molecule has 0 spiro atoms. The number of aromatic nitrogens is 2. The number of nitrogens with zero attached hydrogens (tertiary/aromatic N) is 2. The third-order valence-corrected chi connectivity index (χ3v) is 2.87. The Hall–Kier alpha value is -2.30. The van der Waals surface area contributed by atoms with E-state index in [-0.39, 0.29) is 5.91 Å². The SMILES string of the molecule is CCn1cc(N)c(C(=O)NCCc2ccccc2)n1. The molecule has 19 heavy (non-hydrogen) atoms. The second kappa shape index (κ2) is 6.04. The van der Waals surface area contributed by atoms with Gasteiger partial charge in [-0.2, -0.15) is 5.10 Å². The molecule has 0 aliphatic rings. The van der Waals surface area contributed by atoms with Crippen molar-refractivity contribution in [2.75, 3.05) is 12.3 Å². The van der Waals surface area contributed by atoms with Gasteiger partial charge in [-0.05, 0) is 18.9 Å². The van der Waals surface area contributed by atoms with Gasteiger partial charge in [-0.15, -0.1) is 0 Å². The van der Waals surface area contributed by atoms with Gasteiger partial charge in [0.05, 0.1) is 5.69 Å². The Morgan fingerprint density at radius 1 is 1.37 bits per heavy atom. The van der Waals surface area contributed by atoms with Gasteiger partial charge in [0.1, 0.15) is 0 Å². The minimum Gasteiger partial charge on any atom is -0.396 e. The molecule has 0 aliphatic heterocycles. The van der Waals surface area contributed by atoms with Crippen molar-refractivity contribution in [3.63, 3.8) is 0 Å².